The lowest BCUT2D eigenvalue weighted by Crippen LogP contribution is -1.86. The molecule has 0 aliphatic carbocycles. The summed E-state index contributed by atoms with van der Waals surface area (Å²) in [5.74, 6) is 0.603. The Kier molecular flexibility index (Phi) is 3.16. The molecule has 1 heterocycles. The van der Waals surface area contributed by atoms with Crippen LogP contribution in [0.4, 0.5) is 0 Å². The third kappa shape index (κ3) is 2.36. The second-order valence-corrected chi connectivity index (χ2v) is 4.49. The monoisotopic (exact) mass is 281 g/mol. The van der Waals surface area contributed by atoms with Gasteiger partial charge in [-0.05, 0) is 48.5 Å². The third-order valence-corrected chi connectivity index (χ3v) is 3.12. The maximum Gasteiger partial charge on any atom is 0.178 e. The van der Waals surface area contributed by atoms with Gasteiger partial charge in [0.25, 0.3) is 0 Å². The summed E-state index contributed by atoms with van der Waals surface area (Å²) in [5, 5.41) is 22.5. The van der Waals surface area contributed by atoms with Gasteiger partial charge in [0, 0.05) is 11.1 Å². The topological polar surface area (TPSA) is 83.6 Å². The number of phenols is 2. The van der Waals surface area contributed by atoms with Crippen LogP contribution < -0.4 is 0 Å². The molecule has 0 aliphatic rings. The van der Waals surface area contributed by atoms with Gasteiger partial charge in [0.1, 0.15) is 17.2 Å². The van der Waals surface area contributed by atoms with E-state index in [4.69, 9.17) is 4.52 Å². The van der Waals surface area contributed by atoms with Gasteiger partial charge in [-0.15, -0.1) is 0 Å². The van der Waals surface area contributed by atoms with Crippen molar-refractivity contribution in [2.45, 2.75) is 0 Å². The summed E-state index contributed by atoms with van der Waals surface area (Å²) in [6.07, 6.45) is 0.681. The van der Waals surface area contributed by atoms with E-state index in [0.717, 1.165) is 0 Å². The molecule has 0 fully saturated rings. The zero-order valence-corrected chi connectivity index (χ0v) is 10.9. The van der Waals surface area contributed by atoms with Gasteiger partial charge in [0.2, 0.25) is 0 Å². The van der Waals surface area contributed by atoms with Crippen LogP contribution in [0, 0.1) is 0 Å². The highest BCUT2D eigenvalue weighted by atomic mass is 16.5. The Bertz CT molecular complexity index is 710. The normalized spacial score (nSPS) is 10.5. The third-order valence-electron chi connectivity index (χ3n) is 3.12. The van der Waals surface area contributed by atoms with Crippen molar-refractivity contribution < 1.29 is 19.5 Å². The highest BCUT2D eigenvalue weighted by molar-refractivity contribution is 5.93. The largest absolute Gasteiger partial charge is 0.508 e. The summed E-state index contributed by atoms with van der Waals surface area (Å²) < 4.78 is 5.27. The van der Waals surface area contributed by atoms with E-state index in [0.29, 0.717) is 34.4 Å². The van der Waals surface area contributed by atoms with Gasteiger partial charge in [-0.3, -0.25) is 4.79 Å². The number of benzene rings is 2. The van der Waals surface area contributed by atoms with Crippen LogP contribution in [-0.4, -0.2) is 21.7 Å². The summed E-state index contributed by atoms with van der Waals surface area (Å²) in [5.41, 5.74) is 2.05. The fourth-order valence-electron chi connectivity index (χ4n) is 2.06. The van der Waals surface area contributed by atoms with E-state index in [1.807, 2.05) is 0 Å². The van der Waals surface area contributed by atoms with Gasteiger partial charge < -0.3 is 14.7 Å². The first-order valence-electron chi connectivity index (χ1n) is 6.22. The predicted molar refractivity (Wildman–Crippen MR) is 76.1 cm³/mol. The number of carbonyl (C=O) groups excluding carboxylic acids is 1. The summed E-state index contributed by atoms with van der Waals surface area (Å²) >= 11 is 0. The molecule has 5 heteroatoms. The van der Waals surface area contributed by atoms with Crippen LogP contribution in [0.2, 0.25) is 0 Å². The van der Waals surface area contributed by atoms with Crippen molar-refractivity contribution in [3.8, 4) is 34.1 Å². The first-order valence-corrected chi connectivity index (χ1v) is 6.22. The molecule has 0 bridgehead atoms. The Hall–Kier alpha value is -3.08. The summed E-state index contributed by atoms with van der Waals surface area (Å²) in [6, 6.07) is 12.6. The van der Waals surface area contributed by atoms with Gasteiger partial charge in [0.15, 0.2) is 12.0 Å². The van der Waals surface area contributed by atoms with Gasteiger partial charge in [0.05, 0.1) is 5.56 Å². The minimum Gasteiger partial charge on any atom is -0.508 e. The number of rotatable bonds is 3. The average Bonchev–Trinajstić information content (AvgIpc) is 2.92. The molecular formula is C16H11NO4. The first kappa shape index (κ1) is 12.9. The Morgan fingerprint density at radius 3 is 1.90 bits per heavy atom. The van der Waals surface area contributed by atoms with Crippen molar-refractivity contribution in [2.75, 3.05) is 0 Å². The molecule has 2 aromatic carbocycles. The molecule has 5 nitrogen and oxygen atoms in total. The molecule has 0 unspecified atom stereocenters. The van der Waals surface area contributed by atoms with Crippen molar-refractivity contribution in [1.82, 2.24) is 5.16 Å². The molecule has 21 heavy (non-hydrogen) atoms. The minimum absolute atomic E-state index is 0.129. The smallest absolute Gasteiger partial charge is 0.178 e. The van der Waals surface area contributed by atoms with E-state index < -0.39 is 0 Å². The lowest BCUT2D eigenvalue weighted by molar-refractivity contribution is 0.112. The van der Waals surface area contributed by atoms with Gasteiger partial charge in [-0.1, -0.05) is 5.16 Å². The first-order chi connectivity index (χ1) is 10.2. The maximum atomic E-state index is 11.4. The summed E-state index contributed by atoms with van der Waals surface area (Å²) in [6.45, 7) is 0. The maximum absolute atomic E-state index is 11.4. The van der Waals surface area contributed by atoms with Crippen LogP contribution in [-0.2, 0) is 0 Å². The van der Waals surface area contributed by atoms with Crippen molar-refractivity contribution in [3.05, 3.63) is 54.1 Å². The average molecular weight is 281 g/mol. The standard InChI is InChI=1S/C16H11NO4/c18-9-14-15(10-1-5-12(19)6-2-10)17-21-16(14)11-3-7-13(20)8-4-11/h1-9,19-20H. The number of aldehydes is 1. The van der Waals surface area contributed by atoms with E-state index in [9.17, 15) is 15.0 Å². The molecule has 0 spiro atoms. The molecule has 104 valence electrons. The second-order valence-electron chi connectivity index (χ2n) is 4.49. The molecule has 0 aliphatic heterocycles. The summed E-state index contributed by atoms with van der Waals surface area (Å²) in [4.78, 5) is 11.4. The fourth-order valence-corrected chi connectivity index (χ4v) is 2.06. The summed E-state index contributed by atoms with van der Waals surface area (Å²) in [7, 11) is 0. The van der Waals surface area contributed by atoms with Gasteiger partial charge in [-0.25, -0.2) is 0 Å². The Labute approximate surface area is 120 Å². The van der Waals surface area contributed by atoms with Crippen LogP contribution in [0.1, 0.15) is 10.4 Å². The van der Waals surface area contributed by atoms with Crippen molar-refractivity contribution in [2.24, 2.45) is 0 Å². The Morgan fingerprint density at radius 1 is 0.857 bits per heavy atom. The minimum atomic E-state index is 0.129. The SMILES string of the molecule is O=Cc1c(-c2ccc(O)cc2)noc1-c1ccc(O)cc1. The van der Waals surface area contributed by atoms with E-state index in [-0.39, 0.29) is 11.5 Å². The van der Waals surface area contributed by atoms with Gasteiger partial charge in [-0.2, -0.15) is 0 Å². The molecule has 0 saturated heterocycles. The molecule has 0 amide bonds. The quantitative estimate of drug-likeness (QED) is 0.720. The zero-order valence-electron chi connectivity index (χ0n) is 10.9. The highest BCUT2D eigenvalue weighted by Crippen LogP contribution is 2.32. The van der Waals surface area contributed by atoms with Crippen LogP contribution in [0.25, 0.3) is 22.6 Å². The van der Waals surface area contributed by atoms with Crippen LogP contribution >= 0.6 is 0 Å². The molecule has 3 rings (SSSR count). The van der Waals surface area contributed by atoms with E-state index >= 15 is 0 Å². The molecule has 0 atom stereocenters. The van der Waals surface area contributed by atoms with Crippen LogP contribution in [0.3, 0.4) is 0 Å². The van der Waals surface area contributed by atoms with E-state index in [1.165, 1.54) is 24.3 Å². The van der Waals surface area contributed by atoms with Crippen LogP contribution in [0.15, 0.2) is 53.1 Å². The van der Waals surface area contributed by atoms with E-state index in [1.54, 1.807) is 24.3 Å². The number of aromatic nitrogens is 1. The zero-order chi connectivity index (χ0) is 14.8. The van der Waals surface area contributed by atoms with Crippen LogP contribution in [0.5, 0.6) is 11.5 Å². The van der Waals surface area contributed by atoms with Crippen molar-refractivity contribution in [3.63, 3.8) is 0 Å². The van der Waals surface area contributed by atoms with Gasteiger partial charge >= 0.3 is 0 Å². The fraction of sp³-hybridized carbons (Fsp3) is 0. The Balaban J connectivity index is 2.10. The number of phenolic OH excluding ortho intramolecular Hbond substituents is 2. The highest BCUT2D eigenvalue weighted by Gasteiger charge is 2.18. The van der Waals surface area contributed by atoms with Crippen molar-refractivity contribution >= 4 is 6.29 Å². The number of aromatic hydroxyl groups is 2. The number of nitrogens with zero attached hydrogens (tertiary/aromatic N) is 1. The molecule has 3 aromatic rings. The molecule has 2 N–H and O–H groups in total. The number of hydrogen-bond acceptors (Lipinski definition) is 5. The number of hydrogen-bond donors (Lipinski definition) is 2. The molecular weight excluding hydrogens is 270 g/mol. The lowest BCUT2D eigenvalue weighted by Gasteiger charge is -1.99. The number of carbonyl (C=O) groups is 1. The molecule has 1 aromatic heterocycles. The Morgan fingerprint density at radius 2 is 1.38 bits per heavy atom. The lowest BCUT2D eigenvalue weighted by atomic mass is 10.0. The van der Waals surface area contributed by atoms with E-state index in [2.05, 4.69) is 5.16 Å². The predicted octanol–water partition coefficient (Wildman–Crippen LogP) is 3.23. The second kappa shape index (κ2) is 5.13. The molecule has 0 radical (unpaired) electrons. The van der Waals surface area contributed by atoms with Crippen molar-refractivity contribution in [1.29, 1.82) is 0 Å². The molecule has 0 saturated carbocycles.